The summed E-state index contributed by atoms with van der Waals surface area (Å²) < 4.78 is 5.33. The van der Waals surface area contributed by atoms with Gasteiger partial charge in [-0.1, -0.05) is 72.3 Å². The number of halogens is 1. The molecule has 0 saturated carbocycles. The SMILES string of the molecule is COc1ccc([C@H]2CC(c3ccccc3Cl)=NN2C(=O)CN2CCC(Cc3ccccc3)CC2)cc1. The van der Waals surface area contributed by atoms with Gasteiger partial charge in [-0.15, -0.1) is 0 Å². The third-order valence-corrected chi connectivity index (χ3v) is 7.61. The van der Waals surface area contributed by atoms with Gasteiger partial charge in [0.1, 0.15) is 5.75 Å². The molecule has 186 valence electrons. The highest BCUT2D eigenvalue weighted by atomic mass is 35.5. The maximum atomic E-state index is 13.6. The van der Waals surface area contributed by atoms with Crippen molar-refractivity contribution in [1.29, 1.82) is 0 Å². The Bertz CT molecular complexity index is 1200. The lowest BCUT2D eigenvalue weighted by Crippen LogP contribution is -2.42. The largest absolute Gasteiger partial charge is 0.497 e. The number of nitrogens with zero attached hydrogens (tertiary/aromatic N) is 3. The van der Waals surface area contributed by atoms with Gasteiger partial charge in [-0.3, -0.25) is 9.69 Å². The molecule has 36 heavy (non-hydrogen) atoms. The molecule has 0 unspecified atom stereocenters. The van der Waals surface area contributed by atoms with Gasteiger partial charge in [-0.2, -0.15) is 5.10 Å². The van der Waals surface area contributed by atoms with Crippen LogP contribution in [0.1, 0.15) is 42.0 Å². The van der Waals surface area contributed by atoms with Gasteiger partial charge < -0.3 is 4.74 Å². The van der Waals surface area contributed by atoms with Crippen LogP contribution in [0.3, 0.4) is 0 Å². The number of ether oxygens (including phenoxy) is 1. The zero-order valence-corrected chi connectivity index (χ0v) is 21.4. The second kappa shape index (κ2) is 11.3. The molecule has 0 aliphatic carbocycles. The number of amides is 1. The fourth-order valence-corrected chi connectivity index (χ4v) is 5.49. The first-order chi connectivity index (χ1) is 17.6. The molecular weight excluding hydrogens is 470 g/mol. The van der Waals surface area contributed by atoms with Gasteiger partial charge in [-0.25, -0.2) is 5.01 Å². The number of hydrogen-bond donors (Lipinski definition) is 0. The van der Waals surface area contributed by atoms with Crippen LogP contribution in [0.4, 0.5) is 0 Å². The molecule has 3 aromatic rings. The molecule has 0 aromatic heterocycles. The molecule has 0 N–H and O–H groups in total. The third-order valence-electron chi connectivity index (χ3n) is 7.28. The number of piperidine rings is 1. The molecule has 5 rings (SSSR count). The van der Waals surface area contributed by atoms with Crippen LogP contribution in [0, 0.1) is 5.92 Å². The smallest absolute Gasteiger partial charge is 0.257 e. The van der Waals surface area contributed by atoms with E-state index in [9.17, 15) is 4.79 Å². The Morgan fingerprint density at radius 2 is 1.67 bits per heavy atom. The number of carbonyl (C=O) groups excluding carboxylic acids is 1. The highest BCUT2D eigenvalue weighted by Crippen LogP contribution is 2.35. The fourth-order valence-electron chi connectivity index (χ4n) is 5.24. The van der Waals surface area contributed by atoms with Crippen molar-refractivity contribution < 1.29 is 9.53 Å². The minimum Gasteiger partial charge on any atom is -0.497 e. The molecule has 1 atom stereocenters. The summed E-state index contributed by atoms with van der Waals surface area (Å²) in [5.41, 5.74) is 4.16. The molecule has 3 aromatic carbocycles. The topological polar surface area (TPSA) is 45.1 Å². The Labute approximate surface area is 218 Å². The van der Waals surface area contributed by atoms with Gasteiger partial charge in [0.25, 0.3) is 5.91 Å². The first-order valence-electron chi connectivity index (χ1n) is 12.7. The van der Waals surface area contributed by atoms with Crippen molar-refractivity contribution >= 4 is 23.2 Å². The lowest BCUT2D eigenvalue weighted by Gasteiger charge is -2.33. The van der Waals surface area contributed by atoms with E-state index >= 15 is 0 Å². The Morgan fingerprint density at radius 3 is 2.36 bits per heavy atom. The van der Waals surface area contributed by atoms with Crippen molar-refractivity contribution in [1.82, 2.24) is 9.91 Å². The van der Waals surface area contributed by atoms with Crippen molar-refractivity contribution in [3.63, 3.8) is 0 Å². The van der Waals surface area contributed by atoms with E-state index in [1.165, 1.54) is 5.56 Å². The minimum atomic E-state index is -0.162. The van der Waals surface area contributed by atoms with E-state index in [1.807, 2.05) is 48.5 Å². The standard InChI is InChI=1S/C30H32ClN3O2/c1-36-25-13-11-24(12-14-25)29-20-28(26-9-5-6-10-27(26)31)32-34(29)30(35)21-33-17-15-23(16-18-33)19-22-7-3-2-4-8-22/h2-14,23,29H,15-21H2,1H3/t29-/m1/s1. The zero-order chi connectivity index (χ0) is 24.9. The Hall–Kier alpha value is -3.15. The molecule has 2 aliphatic rings. The third kappa shape index (κ3) is 5.63. The summed E-state index contributed by atoms with van der Waals surface area (Å²) >= 11 is 6.48. The number of carbonyl (C=O) groups is 1. The van der Waals surface area contributed by atoms with Crippen molar-refractivity contribution in [2.75, 3.05) is 26.7 Å². The van der Waals surface area contributed by atoms with E-state index < -0.39 is 0 Å². The normalized spacial score (nSPS) is 18.8. The highest BCUT2D eigenvalue weighted by Gasteiger charge is 2.34. The number of likely N-dealkylation sites (tertiary alicyclic amines) is 1. The summed E-state index contributed by atoms with van der Waals surface area (Å²) in [6, 6.07) is 26.1. The first-order valence-corrected chi connectivity index (χ1v) is 13.0. The second-order valence-corrected chi connectivity index (χ2v) is 10.1. The Balaban J connectivity index is 1.28. The van der Waals surface area contributed by atoms with Gasteiger partial charge >= 0.3 is 0 Å². The van der Waals surface area contributed by atoms with E-state index in [-0.39, 0.29) is 11.9 Å². The summed E-state index contributed by atoms with van der Waals surface area (Å²) in [5, 5.41) is 7.14. The summed E-state index contributed by atoms with van der Waals surface area (Å²) in [6.45, 7) is 2.25. The molecule has 1 amide bonds. The number of hydrazone groups is 1. The van der Waals surface area contributed by atoms with Crippen LogP contribution in [0.5, 0.6) is 5.75 Å². The van der Waals surface area contributed by atoms with Gasteiger partial charge in [0, 0.05) is 17.0 Å². The molecule has 0 radical (unpaired) electrons. The molecule has 5 nitrogen and oxygen atoms in total. The van der Waals surface area contributed by atoms with Gasteiger partial charge in [0.15, 0.2) is 0 Å². The molecular formula is C30H32ClN3O2. The number of methoxy groups -OCH3 is 1. The molecule has 1 fully saturated rings. The monoisotopic (exact) mass is 501 g/mol. The highest BCUT2D eigenvalue weighted by molar-refractivity contribution is 6.34. The molecule has 1 saturated heterocycles. The average molecular weight is 502 g/mol. The van der Waals surface area contributed by atoms with Crippen molar-refractivity contribution in [3.05, 3.63) is 101 Å². The maximum absolute atomic E-state index is 13.6. The van der Waals surface area contributed by atoms with Crippen LogP contribution in [0.2, 0.25) is 5.02 Å². The lowest BCUT2D eigenvalue weighted by molar-refractivity contribution is -0.134. The Morgan fingerprint density at radius 1 is 0.972 bits per heavy atom. The van der Waals surface area contributed by atoms with Crippen LogP contribution in [0.25, 0.3) is 0 Å². The van der Waals surface area contributed by atoms with E-state index in [1.54, 1.807) is 12.1 Å². The minimum absolute atomic E-state index is 0.0272. The predicted octanol–water partition coefficient (Wildman–Crippen LogP) is 5.98. The molecule has 6 heteroatoms. The van der Waals surface area contributed by atoms with E-state index in [0.29, 0.717) is 23.9 Å². The average Bonchev–Trinajstić information content (AvgIpc) is 3.36. The summed E-state index contributed by atoms with van der Waals surface area (Å²) in [6.07, 6.45) is 3.96. The predicted molar refractivity (Wildman–Crippen MR) is 144 cm³/mol. The summed E-state index contributed by atoms with van der Waals surface area (Å²) in [5.74, 6) is 1.49. The number of rotatable bonds is 7. The van der Waals surface area contributed by atoms with E-state index in [2.05, 4.69) is 35.2 Å². The van der Waals surface area contributed by atoms with Gasteiger partial charge in [0.2, 0.25) is 0 Å². The fraction of sp³-hybridized carbons (Fsp3) is 0.333. The first kappa shape index (κ1) is 24.5. The van der Waals surface area contributed by atoms with Crippen LogP contribution in [0.15, 0.2) is 84.0 Å². The molecule has 0 bridgehead atoms. The van der Waals surface area contributed by atoms with Crippen molar-refractivity contribution in [3.8, 4) is 5.75 Å². The maximum Gasteiger partial charge on any atom is 0.257 e. The lowest BCUT2D eigenvalue weighted by atomic mass is 9.90. The van der Waals surface area contributed by atoms with Crippen molar-refractivity contribution in [2.24, 2.45) is 11.0 Å². The number of hydrogen-bond acceptors (Lipinski definition) is 4. The van der Waals surface area contributed by atoms with Crippen LogP contribution in [-0.2, 0) is 11.2 Å². The zero-order valence-electron chi connectivity index (χ0n) is 20.6. The molecule has 2 heterocycles. The van der Waals surface area contributed by atoms with Gasteiger partial charge in [0.05, 0.1) is 25.4 Å². The van der Waals surface area contributed by atoms with E-state index in [4.69, 9.17) is 21.4 Å². The van der Waals surface area contributed by atoms with E-state index in [0.717, 1.165) is 54.9 Å². The van der Waals surface area contributed by atoms with Crippen molar-refractivity contribution in [2.45, 2.75) is 31.7 Å². The quantitative estimate of drug-likeness (QED) is 0.400. The van der Waals surface area contributed by atoms with Gasteiger partial charge in [-0.05, 0) is 67.6 Å². The summed E-state index contributed by atoms with van der Waals surface area (Å²) in [7, 11) is 1.65. The number of benzene rings is 3. The summed E-state index contributed by atoms with van der Waals surface area (Å²) in [4.78, 5) is 15.8. The van der Waals surface area contributed by atoms with Crippen LogP contribution in [-0.4, -0.2) is 48.3 Å². The molecule has 0 spiro atoms. The van der Waals surface area contributed by atoms with Crippen LogP contribution < -0.4 is 4.74 Å². The molecule has 2 aliphatic heterocycles. The Kier molecular flexibility index (Phi) is 7.69. The second-order valence-electron chi connectivity index (χ2n) is 9.67. The van der Waals surface area contributed by atoms with Crippen LogP contribution >= 0.6 is 11.6 Å².